The number of carbonyl (C=O) groups excluding carboxylic acids is 2. The first-order valence-corrected chi connectivity index (χ1v) is 8.99. The maximum absolute atomic E-state index is 13.1. The van der Waals surface area contributed by atoms with Crippen LogP contribution in [0.1, 0.15) is 12.0 Å². The molecule has 7 nitrogen and oxygen atoms in total. The molecule has 1 aliphatic heterocycles. The van der Waals surface area contributed by atoms with Crippen LogP contribution in [0.15, 0.2) is 42.5 Å². The highest BCUT2D eigenvalue weighted by Gasteiger charge is 2.36. The number of nitrogens with one attached hydrogen (secondary N) is 2. The van der Waals surface area contributed by atoms with Crippen molar-refractivity contribution in [2.24, 2.45) is 5.92 Å². The van der Waals surface area contributed by atoms with E-state index in [1.165, 1.54) is 37.3 Å². The van der Waals surface area contributed by atoms with E-state index in [4.69, 9.17) is 9.47 Å². The van der Waals surface area contributed by atoms with Gasteiger partial charge in [-0.2, -0.15) is 13.2 Å². The van der Waals surface area contributed by atoms with Gasteiger partial charge in [0, 0.05) is 24.7 Å². The number of ether oxygens (including phenoxy) is 2. The quantitative estimate of drug-likeness (QED) is 0.698. The molecule has 0 radical (unpaired) electrons. The second-order valence-electron chi connectivity index (χ2n) is 6.60. The van der Waals surface area contributed by atoms with Gasteiger partial charge < -0.3 is 14.4 Å². The first kappa shape index (κ1) is 21.3. The zero-order valence-corrected chi connectivity index (χ0v) is 16.2. The van der Waals surface area contributed by atoms with Crippen LogP contribution >= 0.6 is 0 Å². The first-order chi connectivity index (χ1) is 14.2. The Morgan fingerprint density at radius 1 is 1.10 bits per heavy atom. The fourth-order valence-corrected chi connectivity index (χ4v) is 3.20. The maximum atomic E-state index is 13.1. The molecule has 10 heteroatoms. The standard InChI is InChI=1S/C20H20F3N3O4/c1-29-16-8-7-13(10-17(16)30-2)26-11-12(9-18(26)27)19(28)25-24-15-6-4-3-5-14(15)20(21,22)23/h3-8,10,12,24H,9,11H2,1-2H3,(H,25,28). The Morgan fingerprint density at radius 2 is 1.80 bits per heavy atom. The van der Waals surface area contributed by atoms with Gasteiger partial charge in [0.25, 0.3) is 0 Å². The monoisotopic (exact) mass is 423 g/mol. The Labute approximate surface area is 170 Å². The summed E-state index contributed by atoms with van der Waals surface area (Å²) in [7, 11) is 2.96. The number of hydrogen-bond acceptors (Lipinski definition) is 5. The number of alkyl halides is 3. The Balaban J connectivity index is 1.68. The maximum Gasteiger partial charge on any atom is 0.418 e. The van der Waals surface area contributed by atoms with Crippen LogP contribution in [0.2, 0.25) is 0 Å². The van der Waals surface area contributed by atoms with Crippen LogP contribution in [0.5, 0.6) is 11.5 Å². The summed E-state index contributed by atoms with van der Waals surface area (Å²) in [5.41, 5.74) is 3.94. The minimum Gasteiger partial charge on any atom is -0.493 e. The predicted molar refractivity (Wildman–Crippen MR) is 103 cm³/mol. The van der Waals surface area contributed by atoms with Crippen molar-refractivity contribution in [3.63, 3.8) is 0 Å². The van der Waals surface area contributed by atoms with Crippen LogP contribution in [0, 0.1) is 5.92 Å². The van der Waals surface area contributed by atoms with Crippen LogP contribution in [0.25, 0.3) is 0 Å². The second-order valence-corrected chi connectivity index (χ2v) is 6.60. The Hall–Kier alpha value is -3.43. The van der Waals surface area contributed by atoms with E-state index in [9.17, 15) is 22.8 Å². The van der Waals surface area contributed by atoms with Crippen molar-refractivity contribution < 1.29 is 32.2 Å². The molecule has 160 valence electrons. The number of carbonyl (C=O) groups is 2. The molecule has 1 heterocycles. The molecule has 1 aliphatic rings. The summed E-state index contributed by atoms with van der Waals surface area (Å²) in [6.45, 7) is 0.0861. The van der Waals surface area contributed by atoms with E-state index in [1.807, 2.05) is 0 Å². The molecule has 1 atom stereocenters. The normalized spacial score (nSPS) is 16.4. The molecule has 2 aromatic rings. The number of nitrogens with zero attached hydrogens (tertiary/aromatic N) is 1. The second kappa shape index (κ2) is 8.52. The average Bonchev–Trinajstić information content (AvgIpc) is 3.12. The summed E-state index contributed by atoms with van der Waals surface area (Å²) in [4.78, 5) is 26.3. The smallest absolute Gasteiger partial charge is 0.418 e. The highest BCUT2D eigenvalue weighted by atomic mass is 19.4. The highest BCUT2D eigenvalue weighted by molar-refractivity contribution is 6.00. The van der Waals surface area contributed by atoms with Crippen LogP contribution in [0.3, 0.4) is 0 Å². The van der Waals surface area contributed by atoms with Crippen LogP contribution < -0.4 is 25.2 Å². The third-order valence-electron chi connectivity index (χ3n) is 4.73. The third-order valence-corrected chi connectivity index (χ3v) is 4.73. The van der Waals surface area contributed by atoms with Gasteiger partial charge in [0.05, 0.1) is 31.4 Å². The Kier molecular flexibility index (Phi) is 6.04. The van der Waals surface area contributed by atoms with Crippen LogP contribution in [0.4, 0.5) is 24.5 Å². The number of benzene rings is 2. The average molecular weight is 423 g/mol. The lowest BCUT2D eigenvalue weighted by atomic mass is 10.1. The molecule has 0 saturated carbocycles. The zero-order chi connectivity index (χ0) is 21.9. The topological polar surface area (TPSA) is 79.9 Å². The molecule has 0 bridgehead atoms. The molecular formula is C20H20F3N3O4. The van der Waals surface area contributed by atoms with Gasteiger partial charge in [-0.3, -0.25) is 20.4 Å². The van der Waals surface area contributed by atoms with Gasteiger partial charge in [0.15, 0.2) is 11.5 Å². The Bertz CT molecular complexity index is 949. The number of hydrogen-bond donors (Lipinski definition) is 2. The van der Waals surface area contributed by atoms with E-state index >= 15 is 0 Å². The minimum atomic E-state index is -4.57. The van der Waals surface area contributed by atoms with Crippen molar-refractivity contribution in [3.05, 3.63) is 48.0 Å². The van der Waals surface area contributed by atoms with Crippen molar-refractivity contribution in [3.8, 4) is 11.5 Å². The van der Waals surface area contributed by atoms with Gasteiger partial charge >= 0.3 is 6.18 Å². The molecule has 0 aliphatic carbocycles. The van der Waals surface area contributed by atoms with E-state index in [-0.39, 0.29) is 24.6 Å². The molecule has 2 amide bonds. The third kappa shape index (κ3) is 4.42. The van der Waals surface area contributed by atoms with E-state index < -0.39 is 23.6 Å². The molecule has 30 heavy (non-hydrogen) atoms. The molecule has 2 N–H and O–H groups in total. The number of amides is 2. The lowest BCUT2D eigenvalue weighted by Crippen LogP contribution is -2.37. The van der Waals surface area contributed by atoms with Gasteiger partial charge in [-0.15, -0.1) is 0 Å². The van der Waals surface area contributed by atoms with Crippen molar-refractivity contribution in [2.75, 3.05) is 31.1 Å². The largest absolute Gasteiger partial charge is 0.493 e. The number of hydrazine groups is 1. The molecule has 0 aromatic heterocycles. The van der Waals surface area contributed by atoms with E-state index in [2.05, 4.69) is 10.9 Å². The fraction of sp³-hybridized carbons (Fsp3) is 0.300. The number of para-hydroxylation sites is 1. The van der Waals surface area contributed by atoms with E-state index in [0.29, 0.717) is 17.2 Å². The van der Waals surface area contributed by atoms with Gasteiger partial charge in [-0.1, -0.05) is 12.1 Å². The summed E-state index contributed by atoms with van der Waals surface area (Å²) >= 11 is 0. The molecule has 1 unspecified atom stereocenters. The van der Waals surface area contributed by atoms with E-state index in [0.717, 1.165) is 6.07 Å². The fourth-order valence-electron chi connectivity index (χ4n) is 3.20. The van der Waals surface area contributed by atoms with Gasteiger partial charge in [-0.25, -0.2) is 0 Å². The summed E-state index contributed by atoms with van der Waals surface area (Å²) in [6.07, 6.45) is -4.63. The van der Waals surface area contributed by atoms with Crippen LogP contribution in [-0.4, -0.2) is 32.6 Å². The Morgan fingerprint density at radius 3 is 2.47 bits per heavy atom. The number of rotatable bonds is 6. The summed E-state index contributed by atoms with van der Waals surface area (Å²) in [6, 6.07) is 9.72. The SMILES string of the molecule is COc1ccc(N2CC(C(=O)NNc3ccccc3C(F)(F)F)CC2=O)cc1OC. The predicted octanol–water partition coefficient (Wildman–Crippen LogP) is 3.22. The van der Waals surface area contributed by atoms with Crippen molar-refractivity contribution >= 4 is 23.2 Å². The molecule has 0 spiro atoms. The minimum absolute atomic E-state index is 0.0667. The lowest BCUT2D eigenvalue weighted by molar-refractivity contribution is -0.137. The van der Waals surface area contributed by atoms with Crippen molar-refractivity contribution in [2.45, 2.75) is 12.6 Å². The summed E-state index contributed by atoms with van der Waals surface area (Å²) < 4.78 is 49.6. The van der Waals surface area contributed by atoms with Crippen molar-refractivity contribution in [1.29, 1.82) is 0 Å². The van der Waals surface area contributed by atoms with Crippen molar-refractivity contribution in [1.82, 2.24) is 5.43 Å². The lowest BCUT2D eigenvalue weighted by Gasteiger charge is -2.19. The zero-order valence-electron chi connectivity index (χ0n) is 16.2. The molecular weight excluding hydrogens is 403 g/mol. The van der Waals surface area contributed by atoms with Gasteiger partial charge in [0.2, 0.25) is 11.8 Å². The highest BCUT2D eigenvalue weighted by Crippen LogP contribution is 2.35. The van der Waals surface area contributed by atoms with Gasteiger partial charge in [0.1, 0.15) is 0 Å². The number of methoxy groups -OCH3 is 2. The summed E-state index contributed by atoms with van der Waals surface area (Å²) in [5, 5.41) is 0. The number of anilines is 2. The molecule has 1 saturated heterocycles. The van der Waals surface area contributed by atoms with Crippen LogP contribution in [-0.2, 0) is 15.8 Å². The summed E-state index contributed by atoms with van der Waals surface area (Å²) in [5.74, 6) is -0.659. The number of halogens is 3. The molecule has 1 fully saturated rings. The van der Waals surface area contributed by atoms with Gasteiger partial charge in [-0.05, 0) is 24.3 Å². The molecule has 2 aromatic carbocycles. The first-order valence-electron chi connectivity index (χ1n) is 8.99. The van der Waals surface area contributed by atoms with E-state index in [1.54, 1.807) is 18.2 Å². The molecule has 3 rings (SSSR count).